The minimum Gasteiger partial charge on any atom is -0.441 e. The van der Waals surface area contributed by atoms with Gasteiger partial charge in [0.25, 0.3) is 0 Å². The van der Waals surface area contributed by atoms with Gasteiger partial charge in [0.1, 0.15) is 11.6 Å². The predicted molar refractivity (Wildman–Crippen MR) is 107 cm³/mol. The van der Waals surface area contributed by atoms with Crippen molar-refractivity contribution in [3.8, 4) is 11.5 Å². The zero-order chi connectivity index (χ0) is 23.0. The van der Waals surface area contributed by atoms with Gasteiger partial charge in [0.2, 0.25) is 11.8 Å². The van der Waals surface area contributed by atoms with Crippen molar-refractivity contribution in [1.82, 2.24) is 14.8 Å². The first-order chi connectivity index (χ1) is 14.4. The van der Waals surface area contributed by atoms with E-state index >= 15 is 0 Å². The number of aromatic nitrogens is 3. The van der Waals surface area contributed by atoms with Crippen molar-refractivity contribution in [3.63, 3.8) is 0 Å². The Morgan fingerprint density at radius 3 is 2.48 bits per heavy atom. The number of amides is 1. The van der Waals surface area contributed by atoms with Crippen LogP contribution in [-0.4, -0.2) is 32.0 Å². The molecule has 2 N–H and O–H groups in total. The molecule has 3 aromatic rings. The molecule has 0 aliphatic rings. The third-order valence-corrected chi connectivity index (χ3v) is 4.86. The van der Waals surface area contributed by atoms with Crippen LogP contribution in [0.2, 0.25) is 0 Å². The number of hydrogen-bond acceptors (Lipinski definition) is 5. The second-order valence-corrected chi connectivity index (χ2v) is 7.63. The number of anilines is 1. The molecule has 0 bridgehead atoms. The van der Waals surface area contributed by atoms with Crippen LogP contribution in [0.5, 0.6) is 0 Å². The summed E-state index contributed by atoms with van der Waals surface area (Å²) in [4.78, 5) is 17.0. The molecule has 0 saturated carbocycles. The van der Waals surface area contributed by atoms with E-state index in [-0.39, 0.29) is 18.3 Å². The lowest BCUT2D eigenvalue weighted by Crippen LogP contribution is -2.40. The van der Waals surface area contributed by atoms with E-state index in [9.17, 15) is 23.1 Å². The summed E-state index contributed by atoms with van der Waals surface area (Å²) >= 11 is 0. The molecule has 0 aliphatic carbocycles. The molecular weight excluding hydrogens is 413 g/mol. The summed E-state index contributed by atoms with van der Waals surface area (Å²) in [6, 6.07) is 8.75. The van der Waals surface area contributed by atoms with Gasteiger partial charge in [0, 0.05) is 11.6 Å². The second-order valence-electron chi connectivity index (χ2n) is 7.63. The summed E-state index contributed by atoms with van der Waals surface area (Å²) in [5.74, 6) is -0.0629. The third-order valence-electron chi connectivity index (χ3n) is 4.86. The summed E-state index contributed by atoms with van der Waals surface area (Å²) in [7, 11) is 0. The van der Waals surface area contributed by atoms with E-state index in [1.165, 1.54) is 4.68 Å². The van der Waals surface area contributed by atoms with Crippen LogP contribution in [0, 0.1) is 6.92 Å². The topological polar surface area (TPSA) is 93.2 Å². The Morgan fingerprint density at radius 2 is 1.90 bits per heavy atom. The van der Waals surface area contributed by atoms with Crippen LogP contribution < -0.4 is 5.32 Å². The Kier molecular flexibility index (Phi) is 5.95. The van der Waals surface area contributed by atoms with Gasteiger partial charge in [-0.15, -0.1) is 0 Å². The third kappa shape index (κ3) is 4.48. The number of benzene rings is 1. The molecule has 31 heavy (non-hydrogen) atoms. The lowest BCUT2D eigenvalue weighted by atomic mass is 9.97. The Morgan fingerprint density at radius 1 is 1.26 bits per heavy atom. The largest absolute Gasteiger partial charge is 0.441 e. The number of hydrogen-bond donors (Lipinski definition) is 2. The second kappa shape index (κ2) is 8.18. The van der Waals surface area contributed by atoms with Crippen LogP contribution in [0.15, 0.2) is 40.9 Å². The van der Waals surface area contributed by atoms with Gasteiger partial charge in [-0.1, -0.05) is 18.2 Å². The number of nitrogens with zero attached hydrogens (tertiary/aromatic N) is 3. The quantitative estimate of drug-likeness (QED) is 0.598. The number of alkyl halides is 3. The number of halogens is 3. The maximum absolute atomic E-state index is 13.4. The van der Waals surface area contributed by atoms with Gasteiger partial charge >= 0.3 is 6.18 Å². The standard InChI is InChI=1S/C21H23F3N4O3/c1-12(2)28-18(15(11-25-28)20(4,30)21(22,23)24)27-17(29)10-16-13(3)31-19(26-16)14-8-6-5-7-9-14/h5-9,11-12,30H,10H2,1-4H3,(H,27,29). The van der Waals surface area contributed by atoms with Crippen molar-refractivity contribution in [2.24, 2.45) is 0 Å². The van der Waals surface area contributed by atoms with Crippen LogP contribution >= 0.6 is 0 Å². The molecule has 0 aliphatic heterocycles. The highest BCUT2D eigenvalue weighted by atomic mass is 19.4. The van der Waals surface area contributed by atoms with E-state index < -0.39 is 23.2 Å². The van der Waals surface area contributed by atoms with Gasteiger partial charge in [-0.05, 0) is 39.8 Å². The van der Waals surface area contributed by atoms with Crippen molar-refractivity contribution in [2.75, 3.05) is 5.32 Å². The van der Waals surface area contributed by atoms with Gasteiger partial charge < -0.3 is 14.8 Å². The highest BCUT2D eigenvalue weighted by molar-refractivity contribution is 5.92. The minimum atomic E-state index is -4.95. The molecule has 2 aromatic heterocycles. The molecule has 0 radical (unpaired) electrons. The monoisotopic (exact) mass is 436 g/mol. The first-order valence-corrected chi connectivity index (χ1v) is 9.60. The zero-order valence-corrected chi connectivity index (χ0v) is 17.5. The summed E-state index contributed by atoms with van der Waals surface area (Å²) in [5.41, 5.74) is -2.63. The number of oxazole rings is 1. The molecule has 0 fully saturated rings. The Labute approximate surface area is 176 Å². The molecule has 3 rings (SSSR count). The molecule has 0 saturated heterocycles. The Bertz CT molecular complexity index is 1070. The summed E-state index contributed by atoms with van der Waals surface area (Å²) in [5, 5.41) is 16.5. The highest BCUT2D eigenvalue weighted by Gasteiger charge is 2.53. The molecular formula is C21H23F3N4O3. The molecule has 166 valence electrons. The smallest absolute Gasteiger partial charge is 0.421 e. The van der Waals surface area contributed by atoms with E-state index in [1.54, 1.807) is 20.8 Å². The number of aliphatic hydroxyl groups is 1. The normalized spacial score (nSPS) is 14.0. The average molecular weight is 436 g/mol. The van der Waals surface area contributed by atoms with Crippen LogP contribution in [0.25, 0.3) is 11.5 Å². The average Bonchev–Trinajstić information content (AvgIpc) is 3.26. The van der Waals surface area contributed by atoms with Gasteiger partial charge in [0.15, 0.2) is 5.60 Å². The number of carbonyl (C=O) groups excluding carboxylic acids is 1. The van der Waals surface area contributed by atoms with Gasteiger partial charge in [-0.25, -0.2) is 9.67 Å². The number of nitrogens with one attached hydrogen (secondary N) is 1. The van der Waals surface area contributed by atoms with Crippen molar-refractivity contribution in [2.45, 2.75) is 51.9 Å². The molecule has 10 heteroatoms. The van der Waals surface area contributed by atoms with Crippen LogP contribution in [0.1, 0.15) is 43.8 Å². The van der Waals surface area contributed by atoms with E-state index in [0.717, 1.165) is 11.8 Å². The van der Waals surface area contributed by atoms with Crippen LogP contribution in [0.3, 0.4) is 0 Å². The Hall–Kier alpha value is -3.14. The van der Waals surface area contributed by atoms with Gasteiger partial charge in [0.05, 0.1) is 23.9 Å². The summed E-state index contributed by atoms with van der Waals surface area (Å²) in [6.07, 6.45) is -4.26. The van der Waals surface area contributed by atoms with Crippen LogP contribution in [0.4, 0.5) is 19.0 Å². The molecule has 7 nitrogen and oxygen atoms in total. The van der Waals surface area contributed by atoms with Crippen molar-refractivity contribution in [1.29, 1.82) is 0 Å². The molecule has 1 amide bonds. The van der Waals surface area contributed by atoms with E-state index in [4.69, 9.17) is 4.42 Å². The first kappa shape index (κ1) is 22.5. The van der Waals surface area contributed by atoms with E-state index in [2.05, 4.69) is 15.4 Å². The maximum atomic E-state index is 13.4. The van der Waals surface area contributed by atoms with Crippen LogP contribution in [-0.2, 0) is 16.8 Å². The zero-order valence-electron chi connectivity index (χ0n) is 17.5. The fourth-order valence-electron chi connectivity index (χ4n) is 3.01. The molecule has 0 spiro atoms. The van der Waals surface area contributed by atoms with Crippen molar-refractivity contribution in [3.05, 3.63) is 53.5 Å². The Balaban J connectivity index is 1.88. The lowest BCUT2D eigenvalue weighted by molar-refractivity contribution is -0.258. The fourth-order valence-corrected chi connectivity index (χ4v) is 3.01. The van der Waals surface area contributed by atoms with E-state index in [1.807, 2.05) is 30.3 Å². The minimum absolute atomic E-state index is 0.216. The van der Waals surface area contributed by atoms with Crippen molar-refractivity contribution >= 4 is 11.7 Å². The molecule has 1 atom stereocenters. The maximum Gasteiger partial charge on any atom is 0.421 e. The molecule has 2 heterocycles. The fraction of sp³-hybridized carbons (Fsp3) is 0.381. The number of carbonyl (C=O) groups is 1. The van der Waals surface area contributed by atoms with E-state index in [0.29, 0.717) is 24.3 Å². The number of rotatable bonds is 6. The number of aryl methyl sites for hydroxylation is 1. The SMILES string of the molecule is Cc1oc(-c2ccccc2)nc1CC(=O)Nc1c(C(C)(O)C(F)(F)F)cnn1C(C)C. The molecule has 1 unspecified atom stereocenters. The highest BCUT2D eigenvalue weighted by Crippen LogP contribution is 2.42. The van der Waals surface area contributed by atoms with Gasteiger partial charge in [-0.3, -0.25) is 4.79 Å². The first-order valence-electron chi connectivity index (χ1n) is 9.60. The lowest BCUT2D eigenvalue weighted by Gasteiger charge is -2.27. The summed E-state index contributed by atoms with van der Waals surface area (Å²) in [6.45, 7) is 5.67. The molecule has 1 aromatic carbocycles. The summed E-state index contributed by atoms with van der Waals surface area (Å²) < 4.78 is 47.0. The predicted octanol–water partition coefficient (Wildman–Crippen LogP) is 4.38. The van der Waals surface area contributed by atoms with Gasteiger partial charge in [-0.2, -0.15) is 18.3 Å². The van der Waals surface area contributed by atoms with Crippen molar-refractivity contribution < 1.29 is 27.5 Å².